The molecule has 0 radical (unpaired) electrons. The molecule has 1 N–H and O–H groups in total. The number of Topliss-reactive ketones (excluding diaryl/α,β-unsaturated/α-hetero) is 1. The van der Waals surface area contributed by atoms with Crippen molar-refractivity contribution in [2.24, 2.45) is 0 Å². The fraction of sp³-hybridized carbons (Fsp3) is 0.250. The van der Waals surface area contributed by atoms with Gasteiger partial charge in [0.25, 0.3) is 0 Å². The fourth-order valence-corrected chi connectivity index (χ4v) is 1.54. The van der Waals surface area contributed by atoms with Crippen LogP contribution >= 0.6 is 0 Å². The minimum atomic E-state index is -0.547. The molecule has 2 aromatic rings. The van der Waals surface area contributed by atoms with Crippen LogP contribution in [-0.2, 0) is 0 Å². The SMILES string of the molecule is CN[C@@H](C)C(=O)c1cc2ccoc2cc1F. The van der Waals surface area contributed by atoms with Crippen LogP contribution in [0.2, 0.25) is 0 Å². The van der Waals surface area contributed by atoms with Crippen LogP contribution in [0.15, 0.2) is 28.9 Å². The summed E-state index contributed by atoms with van der Waals surface area (Å²) in [4.78, 5) is 11.8. The van der Waals surface area contributed by atoms with E-state index in [2.05, 4.69) is 5.32 Å². The van der Waals surface area contributed by atoms with Gasteiger partial charge in [0, 0.05) is 11.5 Å². The van der Waals surface area contributed by atoms with E-state index in [1.54, 1.807) is 20.0 Å². The average Bonchev–Trinajstić information content (AvgIpc) is 2.72. The maximum absolute atomic E-state index is 13.6. The van der Waals surface area contributed by atoms with Crippen molar-refractivity contribution in [2.45, 2.75) is 13.0 Å². The number of carbonyl (C=O) groups excluding carboxylic acids is 1. The predicted octanol–water partition coefficient (Wildman–Crippen LogP) is 2.36. The normalized spacial score (nSPS) is 12.9. The van der Waals surface area contributed by atoms with Gasteiger partial charge in [0.05, 0.1) is 17.9 Å². The van der Waals surface area contributed by atoms with Crippen molar-refractivity contribution in [3.05, 3.63) is 35.8 Å². The first-order valence-corrected chi connectivity index (χ1v) is 5.01. The number of halogens is 1. The number of likely N-dealkylation sites (N-methyl/N-ethyl adjacent to an activating group) is 1. The van der Waals surface area contributed by atoms with Crippen LogP contribution in [-0.4, -0.2) is 18.9 Å². The predicted molar refractivity (Wildman–Crippen MR) is 59.0 cm³/mol. The highest BCUT2D eigenvalue weighted by Crippen LogP contribution is 2.21. The number of hydrogen-bond acceptors (Lipinski definition) is 3. The van der Waals surface area contributed by atoms with Gasteiger partial charge in [-0.15, -0.1) is 0 Å². The Morgan fingerprint density at radius 2 is 2.25 bits per heavy atom. The summed E-state index contributed by atoms with van der Waals surface area (Å²) in [6.45, 7) is 1.70. The van der Waals surface area contributed by atoms with Gasteiger partial charge in [-0.1, -0.05) is 0 Å². The third-order valence-corrected chi connectivity index (χ3v) is 2.63. The molecule has 0 aliphatic carbocycles. The van der Waals surface area contributed by atoms with Gasteiger partial charge >= 0.3 is 0 Å². The number of fused-ring (bicyclic) bond motifs is 1. The molecule has 0 amide bonds. The second kappa shape index (κ2) is 4.06. The number of rotatable bonds is 3. The molecule has 0 saturated carbocycles. The van der Waals surface area contributed by atoms with E-state index >= 15 is 0 Å². The Morgan fingerprint density at radius 1 is 1.50 bits per heavy atom. The smallest absolute Gasteiger partial charge is 0.182 e. The van der Waals surface area contributed by atoms with Crippen molar-refractivity contribution in [1.82, 2.24) is 5.32 Å². The largest absolute Gasteiger partial charge is 0.464 e. The number of carbonyl (C=O) groups is 1. The van der Waals surface area contributed by atoms with Gasteiger partial charge in [0.15, 0.2) is 5.78 Å². The number of ketones is 1. The lowest BCUT2D eigenvalue weighted by Crippen LogP contribution is -2.31. The number of nitrogens with one attached hydrogen (secondary N) is 1. The van der Waals surface area contributed by atoms with E-state index in [1.165, 1.54) is 18.4 Å². The number of furan rings is 1. The standard InChI is InChI=1S/C12H12FNO2/c1-7(14-2)12(15)9-5-8-3-4-16-11(8)6-10(9)13/h3-7,14H,1-2H3/t7-/m0/s1. The maximum atomic E-state index is 13.6. The van der Waals surface area contributed by atoms with Gasteiger partial charge in [-0.25, -0.2) is 4.39 Å². The van der Waals surface area contributed by atoms with Crippen molar-refractivity contribution in [3.63, 3.8) is 0 Å². The third-order valence-electron chi connectivity index (χ3n) is 2.63. The topological polar surface area (TPSA) is 42.2 Å². The van der Waals surface area contributed by atoms with Crippen LogP contribution in [0.1, 0.15) is 17.3 Å². The molecule has 0 spiro atoms. The molecule has 0 unspecified atom stereocenters. The molecule has 3 nitrogen and oxygen atoms in total. The first-order valence-electron chi connectivity index (χ1n) is 5.01. The Kier molecular flexibility index (Phi) is 2.75. The molecular weight excluding hydrogens is 209 g/mol. The summed E-state index contributed by atoms with van der Waals surface area (Å²) in [5.41, 5.74) is 0.543. The van der Waals surface area contributed by atoms with E-state index in [0.717, 1.165) is 5.39 Å². The Bertz CT molecular complexity index is 533. The molecule has 4 heteroatoms. The van der Waals surface area contributed by atoms with Crippen LogP contribution in [0.5, 0.6) is 0 Å². The van der Waals surface area contributed by atoms with Crippen LogP contribution in [0.4, 0.5) is 4.39 Å². The van der Waals surface area contributed by atoms with Gasteiger partial charge < -0.3 is 9.73 Å². The molecule has 2 rings (SSSR count). The van der Waals surface area contributed by atoms with Crippen molar-refractivity contribution in [3.8, 4) is 0 Å². The molecule has 1 heterocycles. The van der Waals surface area contributed by atoms with Crippen LogP contribution in [0, 0.1) is 5.82 Å². The molecule has 16 heavy (non-hydrogen) atoms. The minimum Gasteiger partial charge on any atom is -0.464 e. The Morgan fingerprint density at radius 3 is 2.94 bits per heavy atom. The Hall–Kier alpha value is -1.68. The van der Waals surface area contributed by atoms with Crippen LogP contribution in [0.25, 0.3) is 11.0 Å². The van der Waals surface area contributed by atoms with Gasteiger partial charge in [-0.05, 0) is 26.1 Å². The minimum absolute atomic E-state index is 0.0933. The zero-order chi connectivity index (χ0) is 11.7. The van der Waals surface area contributed by atoms with Crippen molar-refractivity contribution in [1.29, 1.82) is 0 Å². The molecule has 1 aromatic carbocycles. The van der Waals surface area contributed by atoms with Gasteiger partial charge in [-0.3, -0.25) is 4.79 Å². The Balaban J connectivity index is 2.51. The molecule has 84 valence electrons. The van der Waals surface area contributed by atoms with E-state index in [9.17, 15) is 9.18 Å². The maximum Gasteiger partial charge on any atom is 0.182 e. The van der Waals surface area contributed by atoms with Crippen LogP contribution < -0.4 is 5.32 Å². The lowest BCUT2D eigenvalue weighted by atomic mass is 10.0. The van der Waals surface area contributed by atoms with E-state index < -0.39 is 11.9 Å². The molecule has 0 saturated heterocycles. The lowest BCUT2D eigenvalue weighted by molar-refractivity contribution is 0.0951. The third kappa shape index (κ3) is 1.72. The monoisotopic (exact) mass is 221 g/mol. The fourth-order valence-electron chi connectivity index (χ4n) is 1.54. The van der Waals surface area contributed by atoms with Crippen molar-refractivity contribution in [2.75, 3.05) is 7.05 Å². The highest BCUT2D eigenvalue weighted by atomic mass is 19.1. The zero-order valence-corrected chi connectivity index (χ0v) is 9.08. The molecule has 0 aliphatic heterocycles. The number of benzene rings is 1. The van der Waals surface area contributed by atoms with Crippen LogP contribution in [0.3, 0.4) is 0 Å². The van der Waals surface area contributed by atoms with E-state index in [-0.39, 0.29) is 11.3 Å². The van der Waals surface area contributed by atoms with Gasteiger partial charge in [0.1, 0.15) is 11.4 Å². The summed E-state index contributed by atoms with van der Waals surface area (Å²) in [6.07, 6.45) is 1.47. The molecule has 0 bridgehead atoms. The van der Waals surface area contributed by atoms with E-state index in [1.807, 2.05) is 0 Å². The summed E-state index contributed by atoms with van der Waals surface area (Å²) in [7, 11) is 1.66. The zero-order valence-electron chi connectivity index (χ0n) is 9.08. The van der Waals surface area contributed by atoms with E-state index in [4.69, 9.17) is 4.42 Å². The first kappa shape index (κ1) is 10.8. The highest BCUT2D eigenvalue weighted by molar-refractivity contribution is 6.02. The van der Waals surface area contributed by atoms with Gasteiger partial charge in [-0.2, -0.15) is 0 Å². The summed E-state index contributed by atoms with van der Waals surface area (Å²) in [5, 5.41) is 3.52. The second-order valence-electron chi connectivity index (χ2n) is 3.67. The van der Waals surface area contributed by atoms with Gasteiger partial charge in [0.2, 0.25) is 0 Å². The average molecular weight is 221 g/mol. The summed E-state index contributed by atoms with van der Waals surface area (Å²) in [6, 6.07) is 4.06. The Labute approximate surface area is 92.2 Å². The second-order valence-corrected chi connectivity index (χ2v) is 3.67. The molecule has 0 aliphatic rings. The molecule has 1 atom stereocenters. The van der Waals surface area contributed by atoms with Crippen molar-refractivity contribution < 1.29 is 13.6 Å². The van der Waals surface area contributed by atoms with E-state index in [0.29, 0.717) is 5.58 Å². The lowest BCUT2D eigenvalue weighted by Gasteiger charge is -2.09. The molecular formula is C12H12FNO2. The summed E-state index contributed by atoms with van der Waals surface area (Å²) < 4.78 is 18.7. The first-order chi connectivity index (χ1) is 7.63. The quantitative estimate of drug-likeness (QED) is 0.809. The molecule has 1 aromatic heterocycles. The van der Waals surface area contributed by atoms with Crippen molar-refractivity contribution >= 4 is 16.8 Å². The summed E-state index contributed by atoms with van der Waals surface area (Å²) in [5.74, 6) is -0.808. The number of hydrogen-bond donors (Lipinski definition) is 1. The molecule has 0 fully saturated rings. The highest BCUT2D eigenvalue weighted by Gasteiger charge is 2.18. The summed E-state index contributed by atoms with van der Waals surface area (Å²) >= 11 is 0.